The van der Waals surface area contributed by atoms with E-state index in [2.05, 4.69) is 10.4 Å². The summed E-state index contributed by atoms with van der Waals surface area (Å²) in [6.07, 6.45) is 3.59. The highest BCUT2D eigenvalue weighted by atomic mass is 16.2. The summed E-state index contributed by atoms with van der Waals surface area (Å²) < 4.78 is 1.77. The van der Waals surface area contributed by atoms with E-state index in [-0.39, 0.29) is 12.5 Å². The van der Waals surface area contributed by atoms with Crippen LogP contribution in [-0.4, -0.2) is 41.2 Å². The summed E-state index contributed by atoms with van der Waals surface area (Å²) in [6.45, 7) is 0.269. The highest BCUT2D eigenvalue weighted by Gasteiger charge is 2.07. The molecule has 1 N–H and O–H groups in total. The van der Waals surface area contributed by atoms with E-state index in [9.17, 15) is 4.79 Å². The molecule has 0 aliphatic rings. The zero-order valence-electron chi connectivity index (χ0n) is 10.5. The van der Waals surface area contributed by atoms with Crippen molar-refractivity contribution in [3.8, 4) is 5.69 Å². The fourth-order valence-electron chi connectivity index (χ4n) is 1.56. The number of nitrogens with one attached hydrogen (secondary N) is 1. The summed E-state index contributed by atoms with van der Waals surface area (Å²) in [6, 6.07) is 9.61. The van der Waals surface area contributed by atoms with E-state index in [1.54, 1.807) is 29.9 Å². The van der Waals surface area contributed by atoms with Crippen LogP contribution in [0, 0.1) is 0 Å². The van der Waals surface area contributed by atoms with Crippen molar-refractivity contribution in [3.05, 3.63) is 42.7 Å². The van der Waals surface area contributed by atoms with Gasteiger partial charge in [0.1, 0.15) is 0 Å². The van der Waals surface area contributed by atoms with E-state index >= 15 is 0 Å². The molecule has 0 saturated carbocycles. The molecule has 0 atom stereocenters. The molecule has 0 saturated heterocycles. The number of likely N-dealkylation sites (N-methyl/N-ethyl adjacent to an activating group) is 1. The van der Waals surface area contributed by atoms with Crippen LogP contribution in [0.15, 0.2) is 42.7 Å². The van der Waals surface area contributed by atoms with Crippen LogP contribution in [0.2, 0.25) is 0 Å². The molecule has 5 nitrogen and oxygen atoms in total. The van der Waals surface area contributed by atoms with Crippen LogP contribution in [0.5, 0.6) is 0 Å². The Kier molecular flexibility index (Phi) is 3.62. The highest BCUT2D eigenvalue weighted by Crippen LogP contribution is 2.18. The van der Waals surface area contributed by atoms with E-state index in [1.807, 2.05) is 36.5 Å². The Labute approximate surface area is 106 Å². The maximum absolute atomic E-state index is 11.6. The second-order valence-electron chi connectivity index (χ2n) is 4.11. The molecular weight excluding hydrogens is 228 g/mol. The molecule has 0 spiro atoms. The van der Waals surface area contributed by atoms with Crippen LogP contribution >= 0.6 is 0 Å². The maximum Gasteiger partial charge on any atom is 0.241 e. The number of aromatic nitrogens is 2. The van der Waals surface area contributed by atoms with Gasteiger partial charge in [-0.3, -0.25) is 4.79 Å². The number of para-hydroxylation sites is 2. The Morgan fingerprint density at radius 2 is 2.11 bits per heavy atom. The Balaban J connectivity index is 2.16. The first kappa shape index (κ1) is 12.2. The van der Waals surface area contributed by atoms with Crippen LogP contribution in [0.3, 0.4) is 0 Å². The third-order valence-corrected chi connectivity index (χ3v) is 2.58. The van der Waals surface area contributed by atoms with Crippen molar-refractivity contribution >= 4 is 11.6 Å². The molecular formula is C13H16N4O. The SMILES string of the molecule is CN(C)C(=O)CNc1ccccc1-n1cccn1. The fourth-order valence-corrected chi connectivity index (χ4v) is 1.56. The Bertz CT molecular complexity index is 520. The molecule has 1 heterocycles. The first-order chi connectivity index (χ1) is 8.68. The Morgan fingerprint density at radius 1 is 1.33 bits per heavy atom. The fraction of sp³-hybridized carbons (Fsp3) is 0.231. The van der Waals surface area contributed by atoms with Crippen LogP contribution in [0.25, 0.3) is 5.69 Å². The number of rotatable bonds is 4. The Morgan fingerprint density at radius 3 is 2.78 bits per heavy atom. The first-order valence-electron chi connectivity index (χ1n) is 5.71. The number of hydrogen-bond donors (Lipinski definition) is 1. The molecule has 2 rings (SSSR count). The van der Waals surface area contributed by atoms with E-state index in [1.165, 1.54) is 0 Å². The second-order valence-corrected chi connectivity index (χ2v) is 4.11. The summed E-state index contributed by atoms with van der Waals surface area (Å²) in [4.78, 5) is 13.1. The number of carbonyl (C=O) groups excluding carboxylic acids is 1. The van der Waals surface area contributed by atoms with Gasteiger partial charge in [0.2, 0.25) is 5.91 Å². The van der Waals surface area contributed by atoms with E-state index < -0.39 is 0 Å². The van der Waals surface area contributed by atoms with Crippen LogP contribution in [0.4, 0.5) is 5.69 Å². The minimum absolute atomic E-state index is 0.0327. The molecule has 0 aliphatic heterocycles. The molecule has 0 fully saturated rings. The van der Waals surface area contributed by atoms with Crippen molar-refractivity contribution in [3.63, 3.8) is 0 Å². The number of amides is 1. The molecule has 1 aromatic heterocycles. The lowest BCUT2D eigenvalue weighted by atomic mass is 10.2. The molecule has 2 aromatic rings. The number of benzene rings is 1. The minimum atomic E-state index is 0.0327. The average molecular weight is 244 g/mol. The second kappa shape index (κ2) is 5.35. The molecule has 0 bridgehead atoms. The summed E-state index contributed by atoms with van der Waals surface area (Å²) >= 11 is 0. The van der Waals surface area contributed by atoms with Crippen molar-refractivity contribution < 1.29 is 4.79 Å². The van der Waals surface area contributed by atoms with Crippen molar-refractivity contribution in [1.82, 2.24) is 14.7 Å². The molecule has 18 heavy (non-hydrogen) atoms. The number of hydrogen-bond acceptors (Lipinski definition) is 3. The van der Waals surface area contributed by atoms with Crippen LogP contribution in [-0.2, 0) is 4.79 Å². The summed E-state index contributed by atoms with van der Waals surface area (Å²) in [7, 11) is 3.48. The zero-order chi connectivity index (χ0) is 13.0. The molecule has 1 amide bonds. The molecule has 5 heteroatoms. The smallest absolute Gasteiger partial charge is 0.241 e. The predicted octanol–water partition coefficient (Wildman–Crippen LogP) is 1.37. The van der Waals surface area contributed by atoms with Gasteiger partial charge in [-0.2, -0.15) is 5.10 Å². The van der Waals surface area contributed by atoms with Gasteiger partial charge in [0.15, 0.2) is 0 Å². The lowest BCUT2D eigenvalue weighted by Gasteiger charge is -2.14. The molecule has 0 aliphatic carbocycles. The van der Waals surface area contributed by atoms with Gasteiger partial charge in [-0.1, -0.05) is 12.1 Å². The summed E-state index contributed by atoms with van der Waals surface area (Å²) in [5, 5.41) is 7.32. The molecule has 1 aromatic carbocycles. The van der Waals surface area contributed by atoms with Crippen molar-refractivity contribution in [2.24, 2.45) is 0 Å². The summed E-state index contributed by atoms with van der Waals surface area (Å²) in [5.74, 6) is 0.0327. The van der Waals surface area contributed by atoms with Gasteiger partial charge in [-0.15, -0.1) is 0 Å². The highest BCUT2D eigenvalue weighted by molar-refractivity contribution is 5.81. The molecule has 0 unspecified atom stereocenters. The molecule has 0 radical (unpaired) electrons. The third-order valence-electron chi connectivity index (χ3n) is 2.58. The van der Waals surface area contributed by atoms with Gasteiger partial charge in [-0.25, -0.2) is 4.68 Å². The number of anilines is 1. The van der Waals surface area contributed by atoms with E-state index in [4.69, 9.17) is 0 Å². The van der Waals surface area contributed by atoms with Gasteiger partial charge in [-0.05, 0) is 18.2 Å². The lowest BCUT2D eigenvalue weighted by molar-refractivity contribution is -0.126. The van der Waals surface area contributed by atoms with Gasteiger partial charge in [0.25, 0.3) is 0 Å². The van der Waals surface area contributed by atoms with E-state index in [0.717, 1.165) is 11.4 Å². The van der Waals surface area contributed by atoms with Crippen molar-refractivity contribution in [1.29, 1.82) is 0 Å². The van der Waals surface area contributed by atoms with Gasteiger partial charge >= 0.3 is 0 Å². The van der Waals surface area contributed by atoms with Crippen molar-refractivity contribution in [2.75, 3.05) is 26.0 Å². The average Bonchev–Trinajstić information content (AvgIpc) is 2.89. The van der Waals surface area contributed by atoms with Gasteiger partial charge in [0, 0.05) is 26.5 Å². The van der Waals surface area contributed by atoms with E-state index in [0.29, 0.717) is 0 Å². The topological polar surface area (TPSA) is 50.2 Å². The minimum Gasteiger partial charge on any atom is -0.374 e. The normalized spacial score (nSPS) is 10.1. The largest absolute Gasteiger partial charge is 0.374 e. The van der Waals surface area contributed by atoms with Gasteiger partial charge in [0.05, 0.1) is 17.9 Å². The number of nitrogens with zero attached hydrogens (tertiary/aromatic N) is 3. The maximum atomic E-state index is 11.6. The predicted molar refractivity (Wildman–Crippen MR) is 70.7 cm³/mol. The number of carbonyl (C=O) groups is 1. The monoisotopic (exact) mass is 244 g/mol. The Hall–Kier alpha value is -2.30. The lowest BCUT2D eigenvalue weighted by Crippen LogP contribution is -2.28. The van der Waals surface area contributed by atoms with Crippen LogP contribution in [0.1, 0.15) is 0 Å². The molecule has 94 valence electrons. The zero-order valence-corrected chi connectivity index (χ0v) is 10.5. The first-order valence-corrected chi connectivity index (χ1v) is 5.71. The third kappa shape index (κ3) is 2.68. The van der Waals surface area contributed by atoms with Crippen molar-refractivity contribution in [2.45, 2.75) is 0 Å². The van der Waals surface area contributed by atoms with Crippen LogP contribution < -0.4 is 5.32 Å². The quantitative estimate of drug-likeness (QED) is 0.883. The summed E-state index contributed by atoms with van der Waals surface area (Å²) in [5.41, 5.74) is 1.81. The standard InChI is InChI=1S/C13H16N4O/c1-16(2)13(18)10-14-11-6-3-4-7-12(11)17-9-5-8-15-17/h3-9,14H,10H2,1-2H3. The van der Waals surface area contributed by atoms with Gasteiger partial charge < -0.3 is 10.2 Å².